The van der Waals surface area contributed by atoms with E-state index in [9.17, 15) is 9.18 Å². The first-order chi connectivity index (χ1) is 10.1. The second kappa shape index (κ2) is 5.76. The van der Waals surface area contributed by atoms with E-state index in [4.69, 9.17) is 5.73 Å². The van der Waals surface area contributed by atoms with Crippen molar-refractivity contribution in [3.05, 3.63) is 35.6 Å². The molecular formula is C17H23FN2O. The van der Waals surface area contributed by atoms with Gasteiger partial charge in [-0.15, -0.1) is 0 Å². The molecule has 1 amide bonds. The van der Waals surface area contributed by atoms with Gasteiger partial charge in [-0.3, -0.25) is 4.79 Å². The Balaban J connectivity index is 1.73. The number of nitrogens with two attached hydrogens (primary N) is 1. The lowest BCUT2D eigenvalue weighted by molar-refractivity contribution is -0.126. The normalized spacial score (nSPS) is 22.0. The first-order valence-electron chi connectivity index (χ1n) is 7.92. The quantitative estimate of drug-likeness (QED) is 0.875. The number of hydrogen-bond donors (Lipinski definition) is 2. The van der Waals surface area contributed by atoms with Crippen LogP contribution >= 0.6 is 0 Å². The Kier molecular flexibility index (Phi) is 3.98. The van der Waals surface area contributed by atoms with E-state index in [1.807, 2.05) is 0 Å². The highest BCUT2D eigenvalue weighted by molar-refractivity contribution is 5.88. The number of carbonyl (C=O) groups excluding carboxylic acids is 1. The van der Waals surface area contributed by atoms with Crippen LogP contribution in [0.1, 0.15) is 44.1 Å². The third-order valence-corrected chi connectivity index (χ3v) is 5.01. The number of benzene rings is 1. The van der Waals surface area contributed by atoms with Crippen molar-refractivity contribution < 1.29 is 9.18 Å². The molecule has 0 spiro atoms. The second-order valence-electron chi connectivity index (χ2n) is 6.51. The molecule has 1 aromatic rings. The van der Waals surface area contributed by atoms with Gasteiger partial charge in [-0.2, -0.15) is 0 Å². The Hall–Kier alpha value is -1.42. The Labute approximate surface area is 125 Å². The number of nitrogens with one attached hydrogen (secondary N) is 1. The summed E-state index contributed by atoms with van der Waals surface area (Å²) in [5.74, 6) is 0.376. The van der Waals surface area contributed by atoms with Crippen molar-refractivity contribution in [1.29, 1.82) is 0 Å². The molecule has 1 atom stereocenters. The molecule has 3 rings (SSSR count). The molecule has 0 radical (unpaired) electrons. The van der Waals surface area contributed by atoms with Crippen LogP contribution in [0.5, 0.6) is 0 Å². The Morgan fingerprint density at radius 2 is 1.90 bits per heavy atom. The predicted molar refractivity (Wildman–Crippen MR) is 80.3 cm³/mol. The average molecular weight is 290 g/mol. The summed E-state index contributed by atoms with van der Waals surface area (Å²) in [6.45, 7) is 0.548. The topological polar surface area (TPSA) is 55.1 Å². The van der Waals surface area contributed by atoms with Crippen LogP contribution in [0, 0.1) is 11.7 Å². The minimum Gasteiger partial charge on any atom is -0.354 e. The summed E-state index contributed by atoms with van der Waals surface area (Å²) < 4.78 is 13.1. The minimum atomic E-state index is -0.489. The lowest BCUT2D eigenvalue weighted by atomic mass is 9.78. The molecule has 1 unspecified atom stereocenters. The third-order valence-electron chi connectivity index (χ3n) is 5.01. The maximum absolute atomic E-state index is 13.1. The van der Waals surface area contributed by atoms with Gasteiger partial charge in [0.2, 0.25) is 5.91 Å². The molecule has 114 valence electrons. The van der Waals surface area contributed by atoms with Crippen LogP contribution in [-0.2, 0) is 10.2 Å². The fourth-order valence-corrected chi connectivity index (χ4v) is 3.47. The fraction of sp³-hybridized carbons (Fsp3) is 0.588. The first-order valence-corrected chi connectivity index (χ1v) is 7.92. The Morgan fingerprint density at radius 3 is 2.48 bits per heavy atom. The zero-order valence-electron chi connectivity index (χ0n) is 12.3. The van der Waals surface area contributed by atoms with E-state index in [0.29, 0.717) is 12.5 Å². The van der Waals surface area contributed by atoms with E-state index in [-0.39, 0.29) is 17.8 Å². The standard InChI is InChI=1S/C17H23FN2O/c18-14-7-5-13(6-8-14)17(9-1-2-10-17)16(21)20-11-15(19)12-3-4-12/h5-8,12,15H,1-4,9-11,19H2,(H,20,21). The van der Waals surface area contributed by atoms with E-state index in [1.165, 1.54) is 25.0 Å². The molecule has 0 aromatic heterocycles. The van der Waals surface area contributed by atoms with Gasteiger partial charge in [0.15, 0.2) is 0 Å². The van der Waals surface area contributed by atoms with Crippen molar-refractivity contribution >= 4 is 5.91 Å². The zero-order chi connectivity index (χ0) is 14.9. The molecule has 2 fully saturated rings. The van der Waals surface area contributed by atoms with Crippen LogP contribution in [-0.4, -0.2) is 18.5 Å². The van der Waals surface area contributed by atoms with Gasteiger partial charge in [0.05, 0.1) is 5.41 Å². The molecule has 3 N–H and O–H groups in total. The maximum atomic E-state index is 13.1. The zero-order valence-corrected chi connectivity index (χ0v) is 12.3. The largest absolute Gasteiger partial charge is 0.354 e. The molecule has 3 nitrogen and oxygen atoms in total. The Morgan fingerprint density at radius 1 is 1.29 bits per heavy atom. The van der Waals surface area contributed by atoms with Crippen molar-refractivity contribution in [3.63, 3.8) is 0 Å². The van der Waals surface area contributed by atoms with E-state index in [1.54, 1.807) is 12.1 Å². The van der Waals surface area contributed by atoms with Crippen molar-refractivity contribution in [2.24, 2.45) is 11.7 Å². The first kappa shape index (κ1) is 14.5. The van der Waals surface area contributed by atoms with Gasteiger partial charge in [0.1, 0.15) is 5.82 Å². The van der Waals surface area contributed by atoms with Crippen LogP contribution < -0.4 is 11.1 Å². The number of rotatable bonds is 5. The summed E-state index contributed by atoms with van der Waals surface area (Å²) in [6.07, 6.45) is 6.12. The van der Waals surface area contributed by atoms with Crippen LogP contribution in [0.2, 0.25) is 0 Å². The van der Waals surface area contributed by atoms with Gasteiger partial charge in [0.25, 0.3) is 0 Å². The summed E-state index contributed by atoms with van der Waals surface area (Å²) in [5, 5.41) is 3.04. The van der Waals surface area contributed by atoms with Crippen LogP contribution in [0.4, 0.5) is 4.39 Å². The van der Waals surface area contributed by atoms with Gasteiger partial charge in [-0.25, -0.2) is 4.39 Å². The second-order valence-corrected chi connectivity index (χ2v) is 6.51. The lowest BCUT2D eigenvalue weighted by Gasteiger charge is -2.29. The van der Waals surface area contributed by atoms with E-state index >= 15 is 0 Å². The SMILES string of the molecule is NC(CNC(=O)C1(c2ccc(F)cc2)CCCC1)C1CC1. The van der Waals surface area contributed by atoms with Gasteiger partial charge in [-0.1, -0.05) is 25.0 Å². The van der Waals surface area contributed by atoms with Gasteiger partial charge in [-0.05, 0) is 49.3 Å². The number of amides is 1. The molecule has 2 aliphatic rings. The van der Waals surface area contributed by atoms with Crippen molar-refractivity contribution in [1.82, 2.24) is 5.32 Å². The van der Waals surface area contributed by atoms with E-state index in [0.717, 1.165) is 31.2 Å². The van der Waals surface area contributed by atoms with Crippen LogP contribution in [0.25, 0.3) is 0 Å². The van der Waals surface area contributed by atoms with Crippen LogP contribution in [0.15, 0.2) is 24.3 Å². The predicted octanol–water partition coefficient (Wildman–Crippen LogP) is 2.49. The fourth-order valence-electron chi connectivity index (χ4n) is 3.47. The average Bonchev–Trinajstić information content (AvgIpc) is 3.23. The number of hydrogen-bond acceptors (Lipinski definition) is 2. The molecule has 0 heterocycles. The highest BCUT2D eigenvalue weighted by Gasteiger charge is 2.42. The maximum Gasteiger partial charge on any atom is 0.230 e. The van der Waals surface area contributed by atoms with Crippen molar-refractivity contribution in [3.8, 4) is 0 Å². The third kappa shape index (κ3) is 2.95. The number of carbonyl (C=O) groups is 1. The monoisotopic (exact) mass is 290 g/mol. The summed E-state index contributed by atoms with van der Waals surface area (Å²) in [4.78, 5) is 12.7. The lowest BCUT2D eigenvalue weighted by Crippen LogP contribution is -2.47. The molecule has 21 heavy (non-hydrogen) atoms. The summed E-state index contributed by atoms with van der Waals surface area (Å²) in [5.41, 5.74) is 6.50. The molecule has 0 saturated heterocycles. The Bertz CT molecular complexity index is 504. The van der Waals surface area contributed by atoms with Crippen molar-refractivity contribution in [2.45, 2.75) is 50.0 Å². The number of halogens is 1. The van der Waals surface area contributed by atoms with E-state index < -0.39 is 5.41 Å². The van der Waals surface area contributed by atoms with E-state index in [2.05, 4.69) is 5.32 Å². The minimum absolute atomic E-state index is 0.0581. The molecular weight excluding hydrogens is 267 g/mol. The van der Waals surface area contributed by atoms with Gasteiger partial charge in [0, 0.05) is 12.6 Å². The van der Waals surface area contributed by atoms with Gasteiger partial charge < -0.3 is 11.1 Å². The van der Waals surface area contributed by atoms with Gasteiger partial charge >= 0.3 is 0 Å². The molecule has 4 heteroatoms. The van der Waals surface area contributed by atoms with Crippen LogP contribution in [0.3, 0.4) is 0 Å². The summed E-state index contributed by atoms with van der Waals surface area (Å²) in [6, 6.07) is 6.46. The van der Waals surface area contributed by atoms with Crippen molar-refractivity contribution in [2.75, 3.05) is 6.54 Å². The molecule has 2 aliphatic carbocycles. The smallest absolute Gasteiger partial charge is 0.230 e. The summed E-state index contributed by atoms with van der Waals surface area (Å²) in [7, 11) is 0. The molecule has 0 bridgehead atoms. The highest BCUT2D eigenvalue weighted by Crippen LogP contribution is 2.41. The molecule has 2 saturated carbocycles. The summed E-state index contributed by atoms with van der Waals surface area (Å²) >= 11 is 0. The molecule has 1 aromatic carbocycles. The highest BCUT2D eigenvalue weighted by atomic mass is 19.1. The molecule has 0 aliphatic heterocycles.